The average Bonchev–Trinajstić information content (AvgIpc) is 2.93. The number of para-hydroxylation sites is 1. The Hall–Kier alpha value is -3.85. The molecule has 2 amide bonds. The molecule has 0 aliphatic carbocycles. The number of hydrogen-bond acceptors (Lipinski definition) is 7. The first kappa shape index (κ1) is 23.9. The minimum absolute atomic E-state index is 0.153. The van der Waals surface area contributed by atoms with Crippen LogP contribution in [0.25, 0.3) is 0 Å². The van der Waals surface area contributed by atoms with Crippen LogP contribution in [-0.2, 0) is 24.1 Å². The number of amides is 2. The summed E-state index contributed by atoms with van der Waals surface area (Å²) in [5, 5.41) is 2.99. The van der Waals surface area contributed by atoms with Gasteiger partial charge in [0.25, 0.3) is 0 Å². The molecule has 2 aliphatic rings. The molecule has 0 saturated carbocycles. The maximum atomic E-state index is 13.1. The Kier molecular flexibility index (Phi) is 7.18. The van der Waals surface area contributed by atoms with Crippen LogP contribution in [0.5, 0.6) is 11.5 Å². The molecule has 0 unspecified atom stereocenters. The molecule has 0 radical (unpaired) electrons. The molecule has 1 N–H and O–H groups in total. The van der Waals surface area contributed by atoms with E-state index in [2.05, 4.69) is 10.2 Å². The zero-order valence-electron chi connectivity index (χ0n) is 20.7. The number of ether oxygens (including phenoxy) is 3. The van der Waals surface area contributed by atoms with Gasteiger partial charge in [0.05, 0.1) is 39.7 Å². The monoisotopic (exact) mass is 489 g/mol. The summed E-state index contributed by atoms with van der Waals surface area (Å²) in [5.41, 5.74) is 3.75. The largest absolute Gasteiger partial charge is 0.497 e. The summed E-state index contributed by atoms with van der Waals surface area (Å²) >= 11 is 0. The van der Waals surface area contributed by atoms with Crippen molar-refractivity contribution in [3.63, 3.8) is 0 Å². The molecule has 1 fully saturated rings. The fraction of sp³-hybridized carbons (Fsp3) is 0.370. The average molecular weight is 490 g/mol. The Balaban J connectivity index is 1.41. The predicted molar refractivity (Wildman–Crippen MR) is 137 cm³/mol. The normalized spacial score (nSPS) is 15.3. The van der Waals surface area contributed by atoms with Crippen molar-refractivity contribution in [2.24, 2.45) is 0 Å². The van der Waals surface area contributed by atoms with Gasteiger partial charge in [-0.05, 0) is 18.2 Å². The van der Waals surface area contributed by atoms with Crippen LogP contribution in [0, 0.1) is 0 Å². The number of hydrogen-bond donors (Lipinski definition) is 1. The highest BCUT2D eigenvalue weighted by Gasteiger charge is 2.28. The van der Waals surface area contributed by atoms with Crippen molar-refractivity contribution in [1.82, 2.24) is 14.9 Å². The van der Waals surface area contributed by atoms with Gasteiger partial charge in [0.15, 0.2) is 0 Å². The van der Waals surface area contributed by atoms with Gasteiger partial charge in [-0.15, -0.1) is 0 Å². The summed E-state index contributed by atoms with van der Waals surface area (Å²) in [7, 11) is 3.29. The van der Waals surface area contributed by atoms with Gasteiger partial charge in [-0.3, -0.25) is 0 Å². The predicted octanol–water partition coefficient (Wildman–Crippen LogP) is 3.51. The van der Waals surface area contributed by atoms with Crippen LogP contribution < -0.4 is 19.7 Å². The third kappa shape index (κ3) is 5.21. The van der Waals surface area contributed by atoms with E-state index in [-0.39, 0.29) is 6.03 Å². The van der Waals surface area contributed by atoms with Crippen molar-refractivity contribution < 1.29 is 19.0 Å². The number of nitrogens with one attached hydrogen (secondary N) is 1. The van der Waals surface area contributed by atoms with Crippen molar-refractivity contribution >= 4 is 17.5 Å². The highest BCUT2D eigenvalue weighted by atomic mass is 16.5. The van der Waals surface area contributed by atoms with E-state index in [9.17, 15) is 4.79 Å². The van der Waals surface area contributed by atoms with E-state index in [1.807, 2.05) is 53.4 Å². The van der Waals surface area contributed by atoms with E-state index in [0.29, 0.717) is 50.6 Å². The third-order valence-electron chi connectivity index (χ3n) is 6.54. The highest BCUT2D eigenvalue weighted by Crippen LogP contribution is 2.29. The number of anilines is 2. The summed E-state index contributed by atoms with van der Waals surface area (Å²) in [6.45, 7) is 3.85. The van der Waals surface area contributed by atoms with Gasteiger partial charge in [0.2, 0.25) is 0 Å². The highest BCUT2D eigenvalue weighted by molar-refractivity contribution is 5.89. The summed E-state index contributed by atoms with van der Waals surface area (Å²) in [4.78, 5) is 27.1. The molecular formula is C27H31N5O4. The molecule has 9 nitrogen and oxygen atoms in total. The first-order valence-corrected chi connectivity index (χ1v) is 12.2. The van der Waals surface area contributed by atoms with Crippen molar-refractivity contribution in [2.75, 3.05) is 57.3 Å². The number of aromatic nitrogens is 2. The Morgan fingerprint density at radius 1 is 1.03 bits per heavy atom. The Morgan fingerprint density at radius 2 is 1.86 bits per heavy atom. The Morgan fingerprint density at radius 3 is 2.67 bits per heavy atom. The number of benzene rings is 2. The van der Waals surface area contributed by atoms with Gasteiger partial charge in [-0.1, -0.05) is 24.3 Å². The fourth-order valence-corrected chi connectivity index (χ4v) is 4.66. The van der Waals surface area contributed by atoms with E-state index < -0.39 is 0 Å². The van der Waals surface area contributed by atoms with E-state index >= 15 is 0 Å². The second kappa shape index (κ2) is 10.8. The van der Waals surface area contributed by atoms with E-state index in [4.69, 9.17) is 24.2 Å². The number of morpholine rings is 1. The van der Waals surface area contributed by atoms with Gasteiger partial charge in [-0.25, -0.2) is 14.8 Å². The molecule has 0 spiro atoms. The van der Waals surface area contributed by atoms with Gasteiger partial charge >= 0.3 is 6.03 Å². The molecule has 0 atom stereocenters. The van der Waals surface area contributed by atoms with Crippen LogP contribution in [0.3, 0.4) is 0 Å². The summed E-state index contributed by atoms with van der Waals surface area (Å²) < 4.78 is 16.4. The summed E-state index contributed by atoms with van der Waals surface area (Å²) in [6.07, 6.45) is 1.24. The topological polar surface area (TPSA) is 89.0 Å². The number of nitrogens with zero attached hydrogens (tertiary/aromatic N) is 4. The third-order valence-corrected chi connectivity index (χ3v) is 6.54. The van der Waals surface area contributed by atoms with Crippen LogP contribution in [0.1, 0.15) is 22.6 Å². The standard InChI is InChI=1S/C27H31N5O4/c1-34-21-8-5-7-20(17-21)28-27(33)32-11-10-23-22(18-32)26(31-12-14-36-15-13-31)30-25(29-23)16-19-6-3-4-9-24(19)35-2/h3-9,17H,10-16,18H2,1-2H3,(H,28,33). The van der Waals surface area contributed by atoms with Crippen LogP contribution in [0.4, 0.5) is 16.3 Å². The Labute approximate surface area is 211 Å². The summed E-state index contributed by atoms with van der Waals surface area (Å²) in [5.74, 6) is 3.18. The first-order chi connectivity index (χ1) is 17.6. The number of carbonyl (C=O) groups is 1. The SMILES string of the molecule is COc1cccc(NC(=O)N2CCc3nc(Cc4ccccc4OC)nc(N4CCOCC4)c3C2)c1. The van der Waals surface area contributed by atoms with Gasteiger partial charge < -0.3 is 29.3 Å². The zero-order valence-corrected chi connectivity index (χ0v) is 20.7. The second-order valence-electron chi connectivity index (χ2n) is 8.81. The number of carbonyl (C=O) groups excluding carboxylic acids is 1. The smallest absolute Gasteiger partial charge is 0.322 e. The van der Waals surface area contributed by atoms with Crippen molar-refractivity contribution in [3.05, 3.63) is 71.2 Å². The number of fused-ring (bicyclic) bond motifs is 1. The number of urea groups is 1. The minimum atomic E-state index is -0.153. The molecule has 2 aliphatic heterocycles. The van der Waals surface area contributed by atoms with Crippen LogP contribution >= 0.6 is 0 Å². The van der Waals surface area contributed by atoms with E-state index in [1.54, 1.807) is 14.2 Å². The van der Waals surface area contributed by atoms with E-state index in [0.717, 1.165) is 47.3 Å². The van der Waals surface area contributed by atoms with Crippen molar-refractivity contribution in [3.8, 4) is 11.5 Å². The number of rotatable bonds is 6. The maximum absolute atomic E-state index is 13.1. The zero-order chi connectivity index (χ0) is 24.9. The van der Waals surface area contributed by atoms with Gasteiger partial charge in [0.1, 0.15) is 23.1 Å². The minimum Gasteiger partial charge on any atom is -0.497 e. The molecule has 1 aromatic heterocycles. The lowest BCUT2D eigenvalue weighted by atomic mass is 10.0. The van der Waals surface area contributed by atoms with Crippen LogP contribution in [0.2, 0.25) is 0 Å². The molecule has 5 rings (SSSR count). The quantitative estimate of drug-likeness (QED) is 0.567. The van der Waals surface area contributed by atoms with Crippen molar-refractivity contribution in [1.29, 1.82) is 0 Å². The van der Waals surface area contributed by atoms with Crippen LogP contribution in [-0.4, -0.2) is 68.0 Å². The molecule has 2 aromatic carbocycles. The molecule has 36 heavy (non-hydrogen) atoms. The van der Waals surface area contributed by atoms with Gasteiger partial charge in [-0.2, -0.15) is 0 Å². The van der Waals surface area contributed by atoms with Gasteiger partial charge in [0, 0.05) is 55.4 Å². The first-order valence-electron chi connectivity index (χ1n) is 12.2. The molecule has 1 saturated heterocycles. The van der Waals surface area contributed by atoms with Crippen molar-refractivity contribution in [2.45, 2.75) is 19.4 Å². The summed E-state index contributed by atoms with van der Waals surface area (Å²) in [6, 6.07) is 15.2. The lowest BCUT2D eigenvalue weighted by Crippen LogP contribution is -2.42. The number of methoxy groups -OCH3 is 2. The molecule has 3 aromatic rings. The lowest BCUT2D eigenvalue weighted by molar-refractivity contribution is 0.122. The second-order valence-corrected chi connectivity index (χ2v) is 8.81. The van der Waals surface area contributed by atoms with Crippen LogP contribution in [0.15, 0.2) is 48.5 Å². The Bertz CT molecular complexity index is 1230. The molecule has 0 bridgehead atoms. The lowest BCUT2D eigenvalue weighted by Gasteiger charge is -2.34. The fourth-order valence-electron chi connectivity index (χ4n) is 4.66. The molecular weight excluding hydrogens is 458 g/mol. The van der Waals surface area contributed by atoms with E-state index in [1.165, 1.54) is 0 Å². The molecule has 9 heteroatoms. The molecule has 188 valence electrons. The maximum Gasteiger partial charge on any atom is 0.322 e. The molecule has 3 heterocycles.